The summed E-state index contributed by atoms with van der Waals surface area (Å²) < 4.78 is 16.4. The van der Waals surface area contributed by atoms with Gasteiger partial charge in [-0.15, -0.1) is 11.3 Å². The van der Waals surface area contributed by atoms with Gasteiger partial charge in [-0.05, 0) is 81.6 Å². The number of rotatable bonds is 4. The first-order chi connectivity index (χ1) is 29.0. The van der Waals surface area contributed by atoms with Gasteiger partial charge in [-0.2, -0.15) is 0 Å². The van der Waals surface area contributed by atoms with Crippen molar-refractivity contribution in [2.24, 2.45) is 0 Å². The third-order valence-corrected chi connectivity index (χ3v) is 14.1. The maximum Gasteiger partial charge on any atom is 0.144 e. The van der Waals surface area contributed by atoms with Gasteiger partial charge in [0.15, 0.2) is 0 Å². The molecule has 3 heterocycles. The predicted molar refractivity (Wildman–Crippen MR) is 249 cm³/mol. The van der Waals surface area contributed by atoms with Crippen LogP contribution in [-0.2, 0) is 5.41 Å². The number of nitrogens with zero attached hydrogens (tertiary/aromatic N) is 1. The van der Waals surface area contributed by atoms with Gasteiger partial charge >= 0.3 is 0 Å². The van der Waals surface area contributed by atoms with Crippen LogP contribution in [0.1, 0.15) is 25.0 Å². The Bertz CT molecular complexity index is 3730. The van der Waals surface area contributed by atoms with Crippen LogP contribution in [0.2, 0.25) is 0 Å². The fraction of sp³-hybridized carbons (Fsp3) is 0.0545. The second kappa shape index (κ2) is 12.0. The first-order valence-electron chi connectivity index (χ1n) is 20.3. The van der Waals surface area contributed by atoms with E-state index in [0.29, 0.717) is 0 Å². The predicted octanol–water partition coefficient (Wildman–Crippen LogP) is 16.4. The van der Waals surface area contributed by atoms with Crippen molar-refractivity contribution in [2.75, 3.05) is 4.90 Å². The summed E-state index contributed by atoms with van der Waals surface area (Å²) in [6.45, 7) is 4.72. The number of anilines is 3. The molecule has 59 heavy (non-hydrogen) atoms. The summed E-state index contributed by atoms with van der Waals surface area (Å²) in [7, 11) is 0. The van der Waals surface area contributed by atoms with Crippen LogP contribution in [0.3, 0.4) is 0 Å². The molecule has 0 saturated heterocycles. The lowest BCUT2D eigenvalue weighted by Crippen LogP contribution is -2.16. The molecule has 0 aliphatic heterocycles. The largest absolute Gasteiger partial charge is 0.455 e. The second-order valence-electron chi connectivity index (χ2n) is 16.4. The van der Waals surface area contributed by atoms with Gasteiger partial charge in [-0.1, -0.05) is 141 Å². The molecule has 3 aromatic heterocycles. The van der Waals surface area contributed by atoms with Crippen LogP contribution in [0, 0.1) is 0 Å². The van der Waals surface area contributed by atoms with Crippen molar-refractivity contribution in [2.45, 2.75) is 19.3 Å². The fourth-order valence-corrected chi connectivity index (χ4v) is 11.4. The maximum atomic E-state index is 7.15. The summed E-state index contributed by atoms with van der Waals surface area (Å²) in [5, 5.41) is 9.17. The fourth-order valence-electron chi connectivity index (χ4n) is 10.2. The molecule has 1 aliphatic carbocycles. The highest BCUT2D eigenvalue weighted by Gasteiger charge is 2.36. The number of hydrogen-bond acceptors (Lipinski definition) is 4. The van der Waals surface area contributed by atoms with Gasteiger partial charge in [-0.25, -0.2) is 0 Å². The molecule has 0 radical (unpaired) electrons. The van der Waals surface area contributed by atoms with Gasteiger partial charge in [0.1, 0.15) is 22.3 Å². The third kappa shape index (κ3) is 4.52. The van der Waals surface area contributed by atoms with Crippen molar-refractivity contribution >= 4 is 103 Å². The maximum absolute atomic E-state index is 7.15. The van der Waals surface area contributed by atoms with Crippen molar-refractivity contribution in [1.29, 1.82) is 0 Å². The summed E-state index contributed by atoms with van der Waals surface area (Å²) >= 11 is 1.86. The summed E-state index contributed by atoms with van der Waals surface area (Å²) in [5.41, 5.74) is 14.0. The number of thiophene rings is 1. The first kappa shape index (κ1) is 32.9. The highest BCUT2D eigenvalue weighted by Crippen LogP contribution is 2.54. The van der Waals surface area contributed by atoms with Gasteiger partial charge in [0.05, 0.1) is 21.5 Å². The lowest BCUT2D eigenvalue weighted by atomic mass is 9.82. The molecule has 9 aromatic carbocycles. The van der Waals surface area contributed by atoms with Crippen molar-refractivity contribution in [3.8, 4) is 22.3 Å². The first-order valence-corrected chi connectivity index (χ1v) is 21.1. The lowest BCUT2D eigenvalue weighted by molar-refractivity contribution is 0.660. The molecule has 0 saturated carbocycles. The summed E-state index contributed by atoms with van der Waals surface area (Å²) in [6, 6.07) is 63.8. The van der Waals surface area contributed by atoms with Crippen LogP contribution in [0.5, 0.6) is 0 Å². The van der Waals surface area contributed by atoms with E-state index in [-0.39, 0.29) is 5.41 Å². The topological polar surface area (TPSA) is 29.5 Å². The standard InChI is InChI=1S/C55H35NO2S/c1-55(2)43-22-8-5-16-35(43)36-29-28-33(31-44(36)55)56(46-24-12-20-40-38-18-7-10-27-49(38)59-54(40)46)45-23-13-26-48-51(45)42-30-32-14-3-4-15-34(32)50(53(42)58-48)41-21-11-19-39-37-17-6-9-25-47(37)57-52(39)41/h3-31H,1-2H3. The SMILES string of the molecule is CC1(C)c2ccccc2-c2ccc(N(c3cccc4c3sc3ccccc34)c3cccc4oc5c(-c6cccc7c6oc6ccccc67)c6ccccc6cc5c34)cc21. The Morgan fingerprint density at radius 1 is 0.458 bits per heavy atom. The zero-order valence-corrected chi connectivity index (χ0v) is 33.2. The van der Waals surface area contributed by atoms with Crippen LogP contribution in [0.25, 0.3) is 97.1 Å². The average Bonchev–Trinajstić information content (AvgIpc) is 4.02. The molecular formula is C55H35NO2S. The Balaban J connectivity index is 1.13. The summed E-state index contributed by atoms with van der Waals surface area (Å²) in [4.78, 5) is 2.49. The Labute approximate surface area is 344 Å². The van der Waals surface area contributed by atoms with Crippen molar-refractivity contribution < 1.29 is 8.83 Å². The molecule has 4 heteroatoms. The van der Waals surface area contributed by atoms with Gasteiger partial charge in [0.2, 0.25) is 0 Å². The van der Waals surface area contributed by atoms with Crippen LogP contribution >= 0.6 is 11.3 Å². The van der Waals surface area contributed by atoms with E-state index >= 15 is 0 Å². The number of benzene rings is 9. The molecular weight excluding hydrogens is 739 g/mol. The van der Waals surface area contributed by atoms with Crippen LogP contribution in [0.4, 0.5) is 17.1 Å². The van der Waals surface area contributed by atoms with E-state index in [1.54, 1.807) is 0 Å². The van der Waals surface area contributed by atoms with Crippen LogP contribution in [-0.4, -0.2) is 0 Å². The van der Waals surface area contributed by atoms with E-state index in [1.165, 1.54) is 42.4 Å². The average molecular weight is 774 g/mol. The Morgan fingerprint density at radius 2 is 1.12 bits per heavy atom. The molecule has 13 rings (SSSR count). The molecule has 278 valence electrons. The molecule has 0 bridgehead atoms. The van der Waals surface area contributed by atoms with Crippen molar-refractivity contribution in [1.82, 2.24) is 0 Å². The van der Waals surface area contributed by atoms with E-state index in [1.807, 2.05) is 17.4 Å². The zero-order chi connectivity index (χ0) is 39.0. The van der Waals surface area contributed by atoms with E-state index < -0.39 is 0 Å². The third-order valence-electron chi connectivity index (χ3n) is 12.9. The summed E-state index contributed by atoms with van der Waals surface area (Å²) in [5.74, 6) is 0. The molecule has 0 fully saturated rings. The molecule has 0 unspecified atom stereocenters. The summed E-state index contributed by atoms with van der Waals surface area (Å²) in [6.07, 6.45) is 0. The molecule has 0 N–H and O–H groups in total. The Kier molecular flexibility index (Phi) is 6.66. The van der Waals surface area contributed by atoms with Gasteiger partial charge in [-0.3, -0.25) is 0 Å². The highest BCUT2D eigenvalue weighted by atomic mass is 32.1. The number of hydrogen-bond donors (Lipinski definition) is 0. The quantitative estimate of drug-likeness (QED) is 0.178. The minimum absolute atomic E-state index is 0.156. The van der Waals surface area contributed by atoms with E-state index in [9.17, 15) is 0 Å². The van der Waals surface area contributed by atoms with Gasteiger partial charge < -0.3 is 13.7 Å². The zero-order valence-electron chi connectivity index (χ0n) is 32.4. The second-order valence-corrected chi connectivity index (χ2v) is 17.4. The lowest BCUT2D eigenvalue weighted by Gasteiger charge is -2.29. The molecule has 0 spiro atoms. The van der Waals surface area contributed by atoms with E-state index in [2.05, 4.69) is 189 Å². The number of furan rings is 2. The normalized spacial score (nSPS) is 13.4. The van der Waals surface area contributed by atoms with Gasteiger partial charge in [0, 0.05) is 53.9 Å². The Hall–Kier alpha value is -7.14. The van der Waals surface area contributed by atoms with E-state index in [0.717, 1.165) is 82.8 Å². The number of fused-ring (bicyclic) bond motifs is 13. The molecule has 0 atom stereocenters. The molecule has 1 aliphatic rings. The monoisotopic (exact) mass is 773 g/mol. The van der Waals surface area contributed by atoms with Crippen molar-refractivity contribution in [3.63, 3.8) is 0 Å². The highest BCUT2D eigenvalue weighted by molar-refractivity contribution is 7.26. The minimum Gasteiger partial charge on any atom is -0.455 e. The van der Waals surface area contributed by atoms with Crippen LogP contribution < -0.4 is 4.90 Å². The van der Waals surface area contributed by atoms with Gasteiger partial charge in [0.25, 0.3) is 0 Å². The molecule has 12 aromatic rings. The Morgan fingerprint density at radius 3 is 2.05 bits per heavy atom. The van der Waals surface area contributed by atoms with Crippen LogP contribution in [0.15, 0.2) is 185 Å². The minimum atomic E-state index is -0.156. The van der Waals surface area contributed by atoms with Crippen molar-refractivity contribution in [3.05, 3.63) is 187 Å². The number of para-hydroxylation sites is 2. The smallest absolute Gasteiger partial charge is 0.144 e. The molecule has 3 nitrogen and oxygen atoms in total. The van der Waals surface area contributed by atoms with E-state index in [4.69, 9.17) is 8.83 Å². The molecule has 0 amide bonds.